The van der Waals surface area contributed by atoms with E-state index in [-0.39, 0.29) is 12.5 Å². The van der Waals surface area contributed by atoms with Crippen LogP contribution < -0.4 is 16.5 Å². The lowest BCUT2D eigenvalue weighted by Crippen LogP contribution is -2.38. The van der Waals surface area contributed by atoms with E-state index < -0.39 is 13.0 Å². The quantitative estimate of drug-likeness (QED) is 0.601. The van der Waals surface area contributed by atoms with Crippen LogP contribution in [-0.4, -0.2) is 35.8 Å². The molecule has 0 saturated carbocycles. The minimum absolute atomic E-state index is 0.151. The molecule has 27 heavy (non-hydrogen) atoms. The van der Waals surface area contributed by atoms with E-state index in [9.17, 15) is 9.82 Å². The average Bonchev–Trinajstić information content (AvgIpc) is 2.68. The Labute approximate surface area is 156 Å². The Morgan fingerprint density at radius 1 is 1.22 bits per heavy atom. The molecule has 0 fully saturated rings. The smallest absolute Gasteiger partial charge is 0.427 e. The van der Waals surface area contributed by atoms with Gasteiger partial charge in [-0.25, -0.2) is 0 Å². The van der Waals surface area contributed by atoms with Gasteiger partial charge in [0.15, 0.2) is 0 Å². The van der Waals surface area contributed by atoms with Gasteiger partial charge >= 0.3 is 7.12 Å². The molecule has 0 saturated heterocycles. The van der Waals surface area contributed by atoms with Crippen LogP contribution in [0.2, 0.25) is 0 Å². The molecule has 0 radical (unpaired) electrons. The number of oxime groups is 1. The van der Waals surface area contributed by atoms with Crippen LogP contribution in [0.1, 0.15) is 17.0 Å². The summed E-state index contributed by atoms with van der Waals surface area (Å²) in [6, 6.07) is 12.8. The van der Waals surface area contributed by atoms with Crippen LogP contribution in [-0.2, 0) is 9.55 Å². The topological polar surface area (TPSA) is 110 Å². The molecule has 8 heteroatoms. The molecule has 4 N–H and O–H groups in total. The molecule has 1 aliphatic heterocycles. The summed E-state index contributed by atoms with van der Waals surface area (Å²) >= 11 is 0. The highest BCUT2D eigenvalue weighted by Gasteiger charge is 2.27. The summed E-state index contributed by atoms with van der Waals surface area (Å²) in [7, 11) is -1.10. The highest BCUT2D eigenvalue weighted by molar-refractivity contribution is 6.62. The fourth-order valence-electron chi connectivity index (χ4n) is 3.13. The monoisotopic (exact) mass is 360 g/mol. The van der Waals surface area contributed by atoms with Crippen molar-refractivity contribution < 1.29 is 14.6 Å². The maximum Gasteiger partial charge on any atom is 0.583 e. The van der Waals surface area contributed by atoms with Crippen LogP contribution in [0.15, 0.2) is 60.0 Å². The largest absolute Gasteiger partial charge is 0.583 e. The Hall–Kier alpha value is -3.23. The third kappa shape index (κ3) is 3.40. The predicted molar refractivity (Wildman–Crippen MR) is 105 cm³/mol. The normalized spacial score (nSPS) is 13.8. The minimum Gasteiger partial charge on any atom is -0.427 e. The van der Waals surface area contributed by atoms with Gasteiger partial charge in [0.05, 0.1) is 12.1 Å². The molecule has 1 aromatic heterocycles. The summed E-state index contributed by atoms with van der Waals surface area (Å²) in [6.07, 6.45) is 4.99. The molecule has 1 atom stereocenters. The van der Waals surface area contributed by atoms with Gasteiger partial charge in [-0.15, -0.1) is 5.16 Å². The number of rotatable bonds is 4. The Balaban J connectivity index is 1.58. The fourth-order valence-corrected chi connectivity index (χ4v) is 3.13. The number of amides is 1. The lowest BCUT2D eigenvalue weighted by Gasteiger charge is -2.19. The highest BCUT2D eigenvalue weighted by atomic mass is 16.6. The molecule has 134 valence electrons. The summed E-state index contributed by atoms with van der Waals surface area (Å²) < 4.78 is 4.81. The number of benzene rings is 2. The Morgan fingerprint density at radius 3 is 2.96 bits per heavy atom. The van der Waals surface area contributed by atoms with E-state index in [1.54, 1.807) is 30.6 Å². The highest BCUT2D eigenvalue weighted by Crippen LogP contribution is 2.22. The number of hydrogen-bond donors (Lipinski definition) is 3. The molecule has 7 nitrogen and oxygen atoms in total. The molecule has 1 aliphatic rings. The summed E-state index contributed by atoms with van der Waals surface area (Å²) in [5.41, 5.74) is 8.63. The van der Waals surface area contributed by atoms with Crippen molar-refractivity contribution in [3.05, 3.63) is 66.0 Å². The van der Waals surface area contributed by atoms with Crippen LogP contribution >= 0.6 is 0 Å². The van der Waals surface area contributed by atoms with Gasteiger partial charge in [-0.3, -0.25) is 9.78 Å². The first-order valence-electron chi connectivity index (χ1n) is 8.51. The van der Waals surface area contributed by atoms with Gasteiger partial charge in [-0.1, -0.05) is 18.2 Å². The van der Waals surface area contributed by atoms with Gasteiger partial charge < -0.3 is 20.8 Å². The second-order valence-electron chi connectivity index (χ2n) is 6.30. The number of nitrogens with two attached hydrogens (primary N) is 1. The number of carbonyl (C=O) groups excluding carboxylic acids is 1. The van der Waals surface area contributed by atoms with E-state index in [1.807, 2.05) is 24.3 Å². The average molecular weight is 360 g/mol. The molecule has 0 aliphatic carbocycles. The molecule has 0 spiro atoms. The van der Waals surface area contributed by atoms with Crippen molar-refractivity contribution in [2.75, 3.05) is 11.9 Å². The van der Waals surface area contributed by atoms with E-state index in [0.717, 1.165) is 16.3 Å². The van der Waals surface area contributed by atoms with Gasteiger partial charge in [0.2, 0.25) is 5.91 Å². The number of fused-ring (bicyclic) bond motifs is 2. The maximum absolute atomic E-state index is 12.8. The third-order valence-corrected chi connectivity index (χ3v) is 4.59. The van der Waals surface area contributed by atoms with Gasteiger partial charge in [-0.2, -0.15) is 0 Å². The predicted octanol–water partition coefficient (Wildman–Crippen LogP) is 0.967. The summed E-state index contributed by atoms with van der Waals surface area (Å²) in [6.45, 7) is 0.151. The van der Waals surface area contributed by atoms with Crippen LogP contribution in [0.25, 0.3) is 10.8 Å². The van der Waals surface area contributed by atoms with Crippen molar-refractivity contribution in [1.82, 2.24) is 4.98 Å². The first-order chi connectivity index (χ1) is 13.2. The summed E-state index contributed by atoms with van der Waals surface area (Å²) in [5, 5.41) is 18.4. The third-order valence-electron chi connectivity index (χ3n) is 4.59. The number of pyridine rings is 1. The first-order valence-corrected chi connectivity index (χ1v) is 8.51. The molecule has 1 unspecified atom stereocenters. The van der Waals surface area contributed by atoms with Gasteiger partial charge in [0.25, 0.3) is 0 Å². The summed E-state index contributed by atoms with van der Waals surface area (Å²) in [4.78, 5) is 16.9. The van der Waals surface area contributed by atoms with E-state index in [1.165, 1.54) is 6.21 Å². The standard InChI is InChI=1S/C19H17BN4O3/c21-9-17(13-2-4-18-15(7-13)11-23-27-20(18)26)19(25)24-16-3-1-14-10-22-6-5-12(14)8-16/h1-8,10-11,17,26H,9,21H2,(H,24,25). The number of hydrogen-bond acceptors (Lipinski definition) is 6. The zero-order valence-electron chi connectivity index (χ0n) is 14.4. The fraction of sp³-hybridized carbons (Fsp3) is 0.105. The molecule has 3 aromatic rings. The number of carbonyl (C=O) groups is 1. The Kier molecular flexibility index (Phi) is 4.58. The van der Waals surface area contributed by atoms with Crippen LogP contribution in [0, 0.1) is 0 Å². The zero-order valence-corrected chi connectivity index (χ0v) is 14.4. The van der Waals surface area contributed by atoms with E-state index in [4.69, 9.17) is 10.5 Å². The molecule has 0 bridgehead atoms. The number of nitrogens with zero attached hydrogens (tertiary/aromatic N) is 2. The van der Waals surface area contributed by atoms with E-state index in [0.29, 0.717) is 16.7 Å². The van der Waals surface area contributed by atoms with Crippen molar-refractivity contribution in [3.63, 3.8) is 0 Å². The van der Waals surface area contributed by atoms with Gasteiger partial charge in [0.1, 0.15) is 0 Å². The van der Waals surface area contributed by atoms with Gasteiger partial charge in [0, 0.05) is 35.5 Å². The maximum atomic E-state index is 12.8. The Bertz CT molecular complexity index is 1040. The van der Waals surface area contributed by atoms with Crippen molar-refractivity contribution in [2.45, 2.75) is 5.92 Å². The van der Waals surface area contributed by atoms with E-state index in [2.05, 4.69) is 15.5 Å². The van der Waals surface area contributed by atoms with Crippen molar-refractivity contribution in [1.29, 1.82) is 0 Å². The summed E-state index contributed by atoms with van der Waals surface area (Å²) in [5.74, 6) is -0.729. The second-order valence-corrected chi connectivity index (χ2v) is 6.30. The molecule has 1 amide bonds. The molecular weight excluding hydrogens is 343 g/mol. The van der Waals surface area contributed by atoms with Crippen molar-refractivity contribution in [2.24, 2.45) is 10.9 Å². The molecule has 2 aromatic carbocycles. The van der Waals surface area contributed by atoms with Crippen LogP contribution in [0.4, 0.5) is 5.69 Å². The number of aromatic nitrogens is 1. The molecular formula is C19H17BN4O3. The second kappa shape index (κ2) is 7.18. The first kappa shape index (κ1) is 17.2. The van der Waals surface area contributed by atoms with Crippen molar-refractivity contribution >= 4 is 41.2 Å². The van der Waals surface area contributed by atoms with Crippen molar-refractivity contribution in [3.8, 4) is 0 Å². The lowest BCUT2D eigenvalue weighted by atomic mass is 9.75. The molecule has 4 rings (SSSR count). The number of anilines is 1. The lowest BCUT2D eigenvalue weighted by molar-refractivity contribution is -0.117. The SMILES string of the molecule is NCC(C(=O)Nc1ccc2cnccc2c1)c1ccc2c(c1)C=NOB2O. The van der Waals surface area contributed by atoms with Crippen LogP contribution in [0.5, 0.6) is 0 Å². The van der Waals surface area contributed by atoms with Crippen LogP contribution in [0.3, 0.4) is 0 Å². The number of nitrogens with one attached hydrogen (secondary N) is 1. The minimum atomic E-state index is -1.10. The molecule has 2 heterocycles. The van der Waals surface area contributed by atoms with Gasteiger partial charge in [-0.05, 0) is 40.8 Å². The van der Waals surface area contributed by atoms with E-state index >= 15 is 0 Å². The Morgan fingerprint density at radius 2 is 2.11 bits per heavy atom. The zero-order chi connectivity index (χ0) is 18.8.